The molecule has 2 heterocycles. The van der Waals surface area contributed by atoms with Gasteiger partial charge in [0, 0.05) is 25.8 Å². The molecule has 0 aliphatic carbocycles. The van der Waals surface area contributed by atoms with Crippen LogP contribution >= 0.6 is 0 Å². The van der Waals surface area contributed by atoms with Crippen LogP contribution in [-0.4, -0.2) is 42.9 Å². The molecule has 2 aliphatic heterocycles. The van der Waals surface area contributed by atoms with Crippen LogP contribution in [0.2, 0.25) is 0 Å². The van der Waals surface area contributed by atoms with E-state index in [1.54, 1.807) is 19.0 Å². The van der Waals surface area contributed by atoms with Gasteiger partial charge in [-0.15, -0.1) is 0 Å². The van der Waals surface area contributed by atoms with E-state index < -0.39 is 5.41 Å². The Morgan fingerprint density at radius 1 is 1.33 bits per heavy atom. The fraction of sp³-hybridized carbons (Fsp3) is 0.579. The zero-order valence-corrected chi connectivity index (χ0v) is 14.9. The van der Waals surface area contributed by atoms with Gasteiger partial charge in [-0.05, 0) is 36.8 Å². The number of para-hydroxylation sites is 1. The maximum atomic E-state index is 13.0. The van der Waals surface area contributed by atoms with Gasteiger partial charge in [0.1, 0.15) is 0 Å². The topological polar surface area (TPSA) is 61.4 Å². The minimum Gasteiger partial charge on any atom is -0.347 e. The number of nitrogens with zero attached hydrogens (tertiary/aromatic N) is 1. The Morgan fingerprint density at radius 3 is 2.71 bits per heavy atom. The molecule has 3 atom stereocenters. The standard InChI is InChI=1S/C19H27N3O2/c1-12(2)9-10-16-19(11-15(20-16)17(23)22(3)4)13-7-5-6-8-14(13)21-18(19)24/h5-8,12,15-16,20H,9-11H2,1-4H3,(H,21,24). The van der Waals surface area contributed by atoms with Crippen LogP contribution < -0.4 is 10.6 Å². The molecule has 2 amide bonds. The molecule has 0 aromatic heterocycles. The number of nitrogens with one attached hydrogen (secondary N) is 2. The van der Waals surface area contributed by atoms with Crippen LogP contribution in [0.4, 0.5) is 5.69 Å². The summed E-state index contributed by atoms with van der Waals surface area (Å²) in [5.74, 6) is 0.629. The number of hydrogen-bond donors (Lipinski definition) is 2. The Kier molecular flexibility index (Phi) is 4.38. The second-order valence-electron chi connectivity index (χ2n) is 7.65. The second-order valence-corrected chi connectivity index (χ2v) is 7.65. The van der Waals surface area contributed by atoms with E-state index in [2.05, 4.69) is 24.5 Å². The quantitative estimate of drug-likeness (QED) is 0.889. The van der Waals surface area contributed by atoms with E-state index in [1.807, 2.05) is 24.3 Å². The highest BCUT2D eigenvalue weighted by molar-refractivity contribution is 6.08. The summed E-state index contributed by atoms with van der Waals surface area (Å²) in [5.41, 5.74) is 1.28. The van der Waals surface area contributed by atoms with Crippen molar-refractivity contribution in [2.45, 2.75) is 50.6 Å². The number of carbonyl (C=O) groups is 2. The maximum absolute atomic E-state index is 13.0. The highest BCUT2D eigenvalue weighted by Gasteiger charge is 2.58. The third kappa shape index (κ3) is 2.61. The summed E-state index contributed by atoms with van der Waals surface area (Å²) in [4.78, 5) is 27.1. The molecule has 2 N–H and O–H groups in total. The molecule has 5 nitrogen and oxygen atoms in total. The molecular weight excluding hydrogens is 302 g/mol. The van der Waals surface area contributed by atoms with Gasteiger partial charge in [-0.2, -0.15) is 0 Å². The molecule has 1 saturated heterocycles. The lowest BCUT2D eigenvalue weighted by atomic mass is 9.72. The van der Waals surface area contributed by atoms with E-state index in [9.17, 15) is 9.59 Å². The van der Waals surface area contributed by atoms with Crippen LogP contribution in [0.3, 0.4) is 0 Å². The SMILES string of the molecule is CC(C)CCC1NC(C(=O)N(C)C)CC12C(=O)Nc1ccccc12. The van der Waals surface area contributed by atoms with Gasteiger partial charge < -0.3 is 15.5 Å². The van der Waals surface area contributed by atoms with Crippen molar-refractivity contribution in [3.05, 3.63) is 29.8 Å². The fourth-order valence-corrected chi connectivity index (χ4v) is 4.09. The van der Waals surface area contributed by atoms with Crippen LogP contribution in [0, 0.1) is 5.92 Å². The Bertz CT molecular complexity index is 656. The van der Waals surface area contributed by atoms with Gasteiger partial charge in [0.2, 0.25) is 11.8 Å². The first-order valence-corrected chi connectivity index (χ1v) is 8.74. The molecule has 0 bridgehead atoms. The predicted octanol–water partition coefficient (Wildman–Crippen LogP) is 2.13. The zero-order valence-electron chi connectivity index (χ0n) is 14.9. The van der Waals surface area contributed by atoms with Crippen molar-refractivity contribution in [3.8, 4) is 0 Å². The van der Waals surface area contributed by atoms with Gasteiger partial charge in [-0.3, -0.25) is 9.59 Å². The molecule has 0 saturated carbocycles. The Hall–Kier alpha value is -1.88. The molecule has 5 heteroatoms. The van der Waals surface area contributed by atoms with Crippen LogP contribution in [0.5, 0.6) is 0 Å². The number of fused-ring (bicyclic) bond motifs is 2. The minimum atomic E-state index is -0.637. The summed E-state index contributed by atoms with van der Waals surface area (Å²) >= 11 is 0. The molecule has 0 radical (unpaired) electrons. The average molecular weight is 329 g/mol. The number of carbonyl (C=O) groups excluding carboxylic acids is 2. The second kappa shape index (κ2) is 6.20. The van der Waals surface area contributed by atoms with E-state index in [4.69, 9.17) is 0 Å². The molecule has 1 fully saturated rings. The number of likely N-dealkylation sites (N-methyl/N-ethyl adjacent to an activating group) is 1. The van der Waals surface area contributed by atoms with E-state index in [0.29, 0.717) is 12.3 Å². The lowest BCUT2D eigenvalue weighted by Gasteiger charge is -2.29. The van der Waals surface area contributed by atoms with Crippen molar-refractivity contribution in [1.82, 2.24) is 10.2 Å². The van der Waals surface area contributed by atoms with Gasteiger partial charge in [0.25, 0.3) is 0 Å². The summed E-state index contributed by atoms with van der Waals surface area (Å²) in [6, 6.07) is 7.56. The average Bonchev–Trinajstić information content (AvgIpc) is 3.05. The molecule has 2 aliphatic rings. The van der Waals surface area contributed by atoms with Gasteiger partial charge >= 0.3 is 0 Å². The maximum Gasteiger partial charge on any atom is 0.239 e. The van der Waals surface area contributed by atoms with Crippen LogP contribution in [0.15, 0.2) is 24.3 Å². The zero-order chi connectivity index (χ0) is 17.5. The summed E-state index contributed by atoms with van der Waals surface area (Å²) in [5, 5.41) is 6.51. The van der Waals surface area contributed by atoms with Gasteiger partial charge in [-0.1, -0.05) is 32.0 Å². The number of anilines is 1. The summed E-state index contributed by atoms with van der Waals surface area (Å²) in [7, 11) is 3.53. The molecule has 1 spiro atoms. The smallest absolute Gasteiger partial charge is 0.239 e. The molecule has 24 heavy (non-hydrogen) atoms. The largest absolute Gasteiger partial charge is 0.347 e. The van der Waals surface area contributed by atoms with Crippen molar-refractivity contribution >= 4 is 17.5 Å². The van der Waals surface area contributed by atoms with E-state index in [1.165, 1.54) is 0 Å². The highest BCUT2D eigenvalue weighted by atomic mass is 16.2. The van der Waals surface area contributed by atoms with Gasteiger partial charge in [-0.25, -0.2) is 0 Å². The van der Waals surface area contributed by atoms with Crippen LogP contribution in [0.1, 0.15) is 38.7 Å². The fourth-order valence-electron chi connectivity index (χ4n) is 4.09. The van der Waals surface area contributed by atoms with Crippen molar-refractivity contribution in [2.24, 2.45) is 5.92 Å². The monoisotopic (exact) mass is 329 g/mol. The van der Waals surface area contributed by atoms with Crippen molar-refractivity contribution in [2.75, 3.05) is 19.4 Å². The van der Waals surface area contributed by atoms with E-state index in [0.717, 1.165) is 24.1 Å². The first kappa shape index (κ1) is 17.0. The van der Waals surface area contributed by atoms with E-state index >= 15 is 0 Å². The summed E-state index contributed by atoms with van der Waals surface area (Å²) in [6.07, 6.45) is 2.43. The van der Waals surface area contributed by atoms with Crippen molar-refractivity contribution < 1.29 is 9.59 Å². The normalized spacial score (nSPS) is 28.3. The van der Waals surface area contributed by atoms with Crippen molar-refractivity contribution in [1.29, 1.82) is 0 Å². The van der Waals surface area contributed by atoms with Crippen LogP contribution in [-0.2, 0) is 15.0 Å². The van der Waals surface area contributed by atoms with Crippen molar-refractivity contribution in [3.63, 3.8) is 0 Å². The molecule has 1 aromatic carbocycles. The highest BCUT2D eigenvalue weighted by Crippen LogP contribution is 2.48. The molecule has 130 valence electrons. The summed E-state index contributed by atoms with van der Waals surface area (Å²) < 4.78 is 0. The number of amides is 2. The Labute approximate surface area is 143 Å². The molecule has 1 aromatic rings. The lowest BCUT2D eigenvalue weighted by Crippen LogP contribution is -2.46. The number of benzene rings is 1. The number of hydrogen-bond acceptors (Lipinski definition) is 3. The van der Waals surface area contributed by atoms with Gasteiger partial charge in [0.05, 0.1) is 11.5 Å². The Balaban J connectivity index is 1.99. The van der Waals surface area contributed by atoms with Gasteiger partial charge in [0.15, 0.2) is 0 Å². The molecule has 3 unspecified atom stereocenters. The predicted molar refractivity (Wildman–Crippen MR) is 94.8 cm³/mol. The minimum absolute atomic E-state index is 0.0163. The summed E-state index contributed by atoms with van der Waals surface area (Å²) in [6.45, 7) is 4.37. The number of rotatable bonds is 4. The molecular formula is C19H27N3O2. The third-order valence-electron chi connectivity index (χ3n) is 5.36. The Morgan fingerprint density at radius 2 is 2.04 bits per heavy atom. The third-order valence-corrected chi connectivity index (χ3v) is 5.36. The first-order valence-electron chi connectivity index (χ1n) is 8.74. The van der Waals surface area contributed by atoms with E-state index in [-0.39, 0.29) is 23.9 Å². The lowest BCUT2D eigenvalue weighted by molar-refractivity contribution is -0.130. The first-order chi connectivity index (χ1) is 11.4. The van der Waals surface area contributed by atoms with Crippen LogP contribution in [0.25, 0.3) is 0 Å². The molecule has 3 rings (SSSR count).